The van der Waals surface area contributed by atoms with Crippen molar-refractivity contribution in [3.63, 3.8) is 0 Å². The Hall–Kier alpha value is 2.10. The first-order valence-corrected chi connectivity index (χ1v) is 43.0. The maximum atomic E-state index is 5.90. The molecule has 0 N–H and O–H groups in total. The number of hydrogen-bond acceptors (Lipinski definition) is 6. The molecule has 0 spiro atoms. The van der Waals surface area contributed by atoms with Crippen molar-refractivity contribution in [2.45, 2.75) is 455 Å². The number of rotatable bonds is 77. The second-order valence-corrected chi connectivity index (χ2v) is 30.8. The SMILES string of the molecule is SCCCCCCCCCCCCCCCCCCC(S)C(CCCCCCCCCCCCCCCCCCS)(CCCCCCCCCCCCCCCCCCS)C(CCCS)CCCCCCCCCCCCCCCCCCS. The van der Waals surface area contributed by atoms with Gasteiger partial charge in [-0.3, -0.25) is 0 Å². The van der Waals surface area contributed by atoms with Gasteiger partial charge in [0, 0.05) is 5.25 Å². The minimum atomic E-state index is 0.392. The first-order valence-electron chi connectivity index (χ1n) is 39.3. The zero-order valence-electron chi connectivity index (χ0n) is 57.4. The molecule has 0 fully saturated rings. The van der Waals surface area contributed by atoms with E-state index in [0.29, 0.717) is 10.7 Å². The highest BCUT2D eigenvalue weighted by atomic mass is 32.1. The second kappa shape index (κ2) is 75.8. The highest BCUT2D eigenvalue weighted by molar-refractivity contribution is 7.81. The van der Waals surface area contributed by atoms with Gasteiger partial charge in [-0.05, 0) is 104 Å². The van der Waals surface area contributed by atoms with Crippen molar-refractivity contribution in [2.75, 3.05) is 28.8 Å². The average Bonchev–Trinajstić information content (AvgIpc) is 3.70. The molecule has 0 aliphatic heterocycles. The van der Waals surface area contributed by atoms with Crippen molar-refractivity contribution < 1.29 is 0 Å². The minimum Gasteiger partial charge on any atom is -0.179 e. The van der Waals surface area contributed by atoms with Crippen LogP contribution in [-0.2, 0) is 0 Å². The normalized spacial score (nSPS) is 12.8. The standard InChI is InChI=1S/C78H158S6/c79-71-61-53-45-37-29-21-13-5-1-9-17-25-33-41-49-57-66-76(67-65-75-83)78(69-59-51-43-35-27-19-11-3-7-15-23-31-39-47-55-63-73-81,70-60-52-44-36-28-20-12-4-8-16-24-32-40-48-56-64-74-82)77(84)68-58-50-42-34-26-18-10-2-6-14-22-30-38-46-54-62-72-80/h76-77,79-84H,1-75H2. The van der Waals surface area contributed by atoms with Crippen LogP contribution in [0.4, 0.5) is 0 Å². The van der Waals surface area contributed by atoms with Crippen LogP contribution < -0.4 is 0 Å². The fourth-order valence-corrected chi connectivity index (χ4v) is 16.2. The molecule has 0 nitrogen and oxygen atoms in total. The topological polar surface area (TPSA) is 0 Å². The van der Waals surface area contributed by atoms with Crippen molar-refractivity contribution in [1.82, 2.24) is 0 Å². The van der Waals surface area contributed by atoms with Crippen molar-refractivity contribution in [3.05, 3.63) is 0 Å². The van der Waals surface area contributed by atoms with Gasteiger partial charge in [-0.2, -0.15) is 75.8 Å². The molecule has 0 radical (unpaired) electrons. The molecule has 0 amide bonds. The van der Waals surface area contributed by atoms with E-state index in [0.717, 1.165) is 34.7 Å². The molecule has 0 aromatic rings. The maximum Gasteiger partial charge on any atom is 0.00759 e. The fraction of sp³-hybridized carbons (Fsp3) is 1.00. The summed E-state index contributed by atoms with van der Waals surface area (Å²) in [5.74, 6) is 6.11. The van der Waals surface area contributed by atoms with Gasteiger partial charge in [0.15, 0.2) is 0 Å². The molecule has 2 unspecified atom stereocenters. The van der Waals surface area contributed by atoms with Gasteiger partial charge in [0.05, 0.1) is 0 Å². The van der Waals surface area contributed by atoms with Crippen molar-refractivity contribution >= 4 is 75.8 Å². The Bertz CT molecular complexity index is 1110. The lowest BCUT2D eigenvalue weighted by Gasteiger charge is -2.46. The van der Waals surface area contributed by atoms with E-state index in [9.17, 15) is 0 Å². The van der Waals surface area contributed by atoms with Crippen LogP contribution in [0, 0.1) is 11.3 Å². The Kier molecular flexibility index (Phi) is 77.7. The van der Waals surface area contributed by atoms with Gasteiger partial charge >= 0.3 is 0 Å². The van der Waals surface area contributed by atoms with Crippen LogP contribution in [0.3, 0.4) is 0 Å². The molecule has 0 aliphatic carbocycles. The van der Waals surface area contributed by atoms with Crippen LogP contribution in [0.25, 0.3) is 0 Å². The monoisotopic (exact) mass is 1290 g/mol. The lowest BCUT2D eigenvalue weighted by atomic mass is 9.62. The second-order valence-electron chi connectivity index (χ2n) is 27.9. The highest BCUT2D eigenvalue weighted by Gasteiger charge is 2.42. The van der Waals surface area contributed by atoms with Crippen LogP contribution in [0.15, 0.2) is 0 Å². The zero-order valence-corrected chi connectivity index (χ0v) is 62.7. The Balaban J connectivity index is 5.50. The van der Waals surface area contributed by atoms with Crippen molar-refractivity contribution in [1.29, 1.82) is 0 Å². The smallest absolute Gasteiger partial charge is 0.00759 e. The van der Waals surface area contributed by atoms with Crippen molar-refractivity contribution in [2.24, 2.45) is 11.3 Å². The van der Waals surface area contributed by atoms with E-state index < -0.39 is 0 Å². The van der Waals surface area contributed by atoms with E-state index in [1.165, 1.54) is 449 Å². The molecular formula is C78H158S6. The van der Waals surface area contributed by atoms with E-state index >= 15 is 0 Å². The molecule has 84 heavy (non-hydrogen) atoms. The molecule has 0 saturated carbocycles. The summed E-state index contributed by atoms with van der Waals surface area (Å²) in [7, 11) is 0. The predicted molar refractivity (Wildman–Crippen MR) is 411 cm³/mol. The molecule has 0 saturated heterocycles. The summed E-state index contributed by atoms with van der Waals surface area (Å²) in [5.41, 5.74) is 0.392. The molecule has 0 aromatic heterocycles. The number of hydrogen-bond donors (Lipinski definition) is 6. The largest absolute Gasteiger partial charge is 0.179 e. The molecular weight excluding hydrogens is 1130 g/mol. The minimum absolute atomic E-state index is 0.392. The summed E-state index contributed by atoms with van der Waals surface area (Å²) in [5, 5.41) is 0.551. The van der Waals surface area contributed by atoms with Crippen LogP contribution in [0.5, 0.6) is 0 Å². The van der Waals surface area contributed by atoms with E-state index in [-0.39, 0.29) is 0 Å². The number of unbranched alkanes of at least 4 members (excludes halogenated alkanes) is 60. The quantitative estimate of drug-likeness (QED) is 0.0254. The van der Waals surface area contributed by atoms with E-state index in [4.69, 9.17) is 25.3 Å². The third-order valence-electron chi connectivity index (χ3n) is 20.1. The van der Waals surface area contributed by atoms with Gasteiger partial charge in [0.1, 0.15) is 0 Å². The lowest BCUT2D eigenvalue weighted by Crippen LogP contribution is -2.40. The Morgan fingerprint density at radius 1 is 0.155 bits per heavy atom. The Morgan fingerprint density at radius 3 is 0.488 bits per heavy atom. The number of thiol groups is 6. The van der Waals surface area contributed by atoms with Crippen LogP contribution >= 0.6 is 75.8 Å². The van der Waals surface area contributed by atoms with Crippen LogP contribution in [0.2, 0.25) is 0 Å². The molecule has 0 rings (SSSR count). The predicted octanol–water partition coefficient (Wildman–Crippen LogP) is 29.8. The molecule has 506 valence electrons. The first kappa shape index (κ1) is 86.1. The average molecular weight is 1290 g/mol. The molecule has 0 aromatic carbocycles. The Labute approximate surface area is 566 Å². The zero-order chi connectivity index (χ0) is 60.7. The summed E-state index contributed by atoms with van der Waals surface area (Å²) in [6.45, 7) is 0. The fourth-order valence-electron chi connectivity index (χ4n) is 14.5. The van der Waals surface area contributed by atoms with Crippen molar-refractivity contribution in [3.8, 4) is 0 Å². The lowest BCUT2D eigenvalue weighted by molar-refractivity contribution is 0.0910. The molecule has 0 bridgehead atoms. The molecule has 0 aliphatic rings. The maximum absolute atomic E-state index is 5.90. The van der Waals surface area contributed by atoms with Gasteiger partial charge < -0.3 is 0 Å². The summed E-state index contributed by atoms with van der Waals surface area (Å²) in [4.78, 5) is 0. The third kappa shape index (κ3) is 62.9. The van der Waals surface area contributed by atoms with Gasteiger partial charge in [0.2, 0.25) is 0 Å². The van der Waals surface area contributed by atoms with Crippen LogP contribution in [0.1, 0.15) is 449 Å². The Morgan fingerprint density at radius 2 is 0.298 bits per heavy atom. The summed E-state index contributed by atoms with van der Waals surface area (Å²) in [6.07, 6.45) is 100. The summed E-state index contributed by atoms with van der Waals surface area (Å²) in [6, 6.07) is 0. The van der Waals surface area contributed by atoms with E-state index in [1.807, 2.05) is 0 Å². The molecule has 0 heterocycles. The summed E-state index contributed by atoms with van der Waals surface area (Å²) < 4.78 is 0. The van der Waals surface area contributed by atoms with E-state index in [2.05, 4.69) is 50.5 Å². The highest BCUT2D eigenvalue weighted by Crippen LogP contribution is 2.50. The molecule has 2 atom stereocenters. The van der Waals surface area contributed by atoms with Crippen LogP contribution in [-0.4, -0.2) is 34.0 Å². The molecule has 6 heteroatoms. The van der Waals surface area contributed by atoms with Gasteiger partial charge in [-0.25, -0.2) is 0 Å². The van der Waals surface area contributed by atoms with E-state index in [1.54, 1.807) is 0 Å². The van der Waals surface area contributed by atoms with Gasteiger partial charge in [0.25, 0.3) is 0 Å². The van der Waals surface area contributed by atoms with Gasteiger partial charge in [-0.15, -0.1) is 0 Å². The first-order chi connectivity index (χ1) is 41.6. The van der Waals surface area contributed by atoms with Gasteiger partial charge in [-0.1, -0.05) is 385 Å². The third-order valence-corrected chi connectivity index (χ3v) is 22.5. The summed E-state index contributed by atoms with van der Waals surface area (Å²) >= 11 is 28.3.